The Balaban J connectivity index is 2.05. The molecule has 0 aliphatic heterocycles. The summed E-state index contributed by atoms with van der Waals surface area (Å²) in [5.74, 6) is -3.98. The normalized spacial score (nSPS) is 41.6. The maximum Gasteiger partial charge on any atom is 0.302 e. The first-order valence-electron chi connectivity index (χ1n) is 13.0. The van der Waals surface area contributed by atoms with E-state index >= 15 is 0 Å². The van der Waals surface area contributed by atoms with Crippen LogP contribution in [0.2, 0.25) is 0 Å². The quantitative estimate of drug-likeness (QED) is 0.313. The molecule has 0 heterocycles. The number of rotatable bonds is 4. The highest BCUT2D eigenvalue weighted by atomic mass is 16.6. The van der Waals surface area contributed by atoms with Crippen LogP contribution in [0.1, 0.15) is 74.1 Å². The fourth-order valence-corrected chi connectivity index (χ4v) is 8.69. The summed E-state index contributed by atoms with van der Waals surface area (Å²) in [5.41, 5.74) is -2.41. The Bertz CT molecular complexity index is 1060. The predicted octanol–water partition coefficient (Wildman–Crippen LogP) is 3.32. The number of ketones is 1. The van der Waals surface area contributed by atoms with Gasteiger partial charge in [-0.1, -0.05) is 27.4 Å². The van der Waals surface area contributed by atoms with Crippen LogP contribution >= 0.6 is 0 Å². The van der Waals surface area contributed by atoms with E-state index in [1.807, 2.05) is 6.92 Å². The van der Waals surface area contributed by atoms with Crippen molar-refractivity contribution in [2.75, 3.05) is 0 Å². The number of carbonyl (C=O) groups excluding carboxylic acids is 5. The molecular weight excluding hydrogens is 480 g/mol. The van der Waals surface area contributed by atoms with E-state index in [0.717, 1.165) is 6.42 Å². The van der Waals surface area contributed by atoms with Crippen molar-refractivity contribution in [3.63, 3.8) is 0 Å². The first-order valence-corrected chi connectivity index (χ1v) is 13.0. The lowest BCUT2D eigenvalue weighted by Gasteiger charge is -2.67. The molecule has 9 atom stereocenters. The molecule has 2 bridgehead atoms. The molecule has 37 heavy (non-hydrogen) atoms. The molecule has 204 valence electrons. The second-order valence-electron chi connectivity index (χ2n) is 12.2. The Morgan fingerprint density at radius 1 is 0.811 bits per heavy atom. The van der Waals surface area contributed by atoms with Gasteiger partial charge in [0.25, 0.3) is 0 Å². The predicted molar refractivity (Wildman–Crippen MR) is 130 cm³/mol. The van der Waals surface area contributed by atoms with E-state index in [-0.39, 0.29) is 29.1 Å². The Hall–Kier alpha value is -2.71. The molecule has 0 amide bonds. The van der Waals surface area contributed by atoms with E-state index in [9.17, 15) is 24.0 Å². The maximum atomic E-state index is 14.3. The van der Waals surface area contributed by atoms with Gasteiger partial charge in [-0.25, -0.2) is 0 Å². The van der Waals surface area contributed by atoms with Crippen LogP contribution in [0, 0.1) is 34.0 Å². The highest BCUT2D eigenvalue weighted by Gasteiger charge is 2.80. The summed E-state index contributed by atoms with van der Waals surface area (Å²) in [7, 11) is 0. The van der Waals surface area contributed by atoms with E-state index < -0.39 is 71.0 Å². The molecule has 0 aromatic rings. The minimum absolute atomic E-state index is 0.174. The van der Waals surface area contributed by atoms with E-state index in [1.165, 1.54) is 27.7 Å². The minimum atomic E-state index is -1.53. The minimum Gasteiger partial charge on any atom is -0.462 e. The van der Waals surface area contributed by atoms with Gasteiger partial charge in [0.15, 0.2) is 5.78 Å². The SMILES string of the molecule is C=C1C(=O)[C@@]23[C@H](OC(C)=O)C[C@H]4C(C)(C)CC[C@@H](OC(C)=O)[C@@]4(C)[C@@H]2[C@H](OC(C)=O)C[C@@H]1[C@@H]3OC(C)=O. The second kappa shape index (κ2) is 8.95. The first kappa shape index (κ1) is 27.3. The molecular formula is C28H38O9. The molecule has 0 N–H and O–H groups in total. The topological polar surface area (TPSA) is 122 Å². The molecule has 0 aromatic heterocycles. The third-order valence-electron chi connectivity index (χ3n) is 9.66. The van der Waals surface area contributed by atoms with E-state index in [4.69, 9.17) is 18.9 Å². The van der Waals surface area contributed by atoms with Gasteiger partial charge < -0.3 is 18.9 Å². The Kier molecular flexibility index (Phi) is 6.61. The van der Waals surface area contributed by atoms with E-state index in [2.05, 4.69) is 20.4 Å². The number of ether oxygens (including phenoxy) is 4. The van der Waals surface area contributed by atoms with E-state index in [0.29, 0.717) is 12.8 Å². The fourth-order valence-electron chi connectivity index (χ4n) is 8.69. The molecule has 9 heteroatoms. The lowest BCUT2D eigenvalue weighted by Crippen LogP contribution is -2.74. The van der Waals surface area contributed by atoms with Gasteiger partial charge >= 0.3 is 23.9 Å². The van der Waals surface area contributed by atoms with Gasteiger partial charge in [-0.3, -0.25) is 24.0 Å². The molecule has 0 saturated heterocycles. The van der Waals surface area contributed by atoms with Gasteiger partial charge in [0.2, 0.25) is 0 Å². The number of Topliss-reactive ketones (excluding diaryl/α,β-unsaturated/α-hetero) is 1. The number of fused-ring (bicyclic) bond motifs is 3. The van der Waals surface area contributed by atoms with Crippen LogP contribution in [0.15, 0.2) is 12.2 Å². The second-order valence-corrected chi connectivity index (χ2v) is 12.2. The van der Waals surface area contributed by atoms with Crippen molar-refractivity contribution in [1.82, 2.24) is 0 Å². The molecule has 9 nitrogen and oxygen atoms in total. The van der Waals surface area contributed by atoms with Crippen LogP contribution in [0.25, 0.3) is 0 Å². The Labute approximate surface area is 217 Å². The summed E-state index contributed by atoms with van der Waals surface area (Å²) in [6.07, 6.45) is -1.44. The van der Waals surface area contributed by atoms with Crippen LogP contribution in [0.3, 0.4) is 0 Å². The summed E-state index contributed by atoms with van der Waals surface area (Å²) < 4.78 is 23.7. The summed E-state index contributed by atoms with van der Waals surface area (Å²) >= 11 is 0. The van der Waals surface area contributed by atoms with Crippen molar-refractivity contribution in [3.8, 4) is 0 Å². The van der Waals surface area contributed by atoms with Gasteiger partial charge in [-0.05, 0) is 42.6 Å². The summed E-state index contributed by atoms with van der Waals surface area (Å²) in [5, 5.41) is 0. The highest BCUT2D eigenvalue weighted by molar-refractivity contribution is 6.05. The zero-order valence-electron chi connectivity index (χ0n) is 22.8. The number of hydrogen-bond acceptors (Lipinski definition) is 9. The average Bonchev–Trinajstić information content (AvgIpc) is 2.87. The monoisotopic (exact) mass is 518 g/mol. The Morgan fingerprint density at radius 3 is 1.89 bits per heavy atom. The zero-order valence-corrected chi connectivity index (χ0v) is 22.8. The lowest BCUT2D eigenvalue weighted by molar-refractivity contribution is -0.283. The molecule has 0 radical (unpaired) electrons. The van der Waals surface area contributed by atoms with Crippen molar-refractivity contribution in [2.45, 2.75) is 98.6 Å². The van der Waals surface area contributed by atoms with Gasteiger partial charge in [0.1, 0.15) is 29.8 Å². The van der Waals surface area contributed by atoms with Crippen LogP contribution in [0.4, 0.5) is 0 Å². The Morgan fingerprint density at radius 2 is 1.35 bits per heavy atom. The average molecular weight is 519 g/mol. The standard InChI is InChI=1S/C28H38O9/c1-13-18-11-19(34-14(2)29)23-27(8)20(26(6,7)10-9-21(27)35-15(3)30)12-22(36-16(4)31)28(23,24(13)33)25(18)37-17(5)32/h18-23,25H,1,9-12H2,2-8H3/t18-,19+,20-,21+,22+,23-,25-,27-,28+/m0/s1. The summed E-state index contributed by atoms with van der Waals surface area (Å²) in [4.78, 5) is 63.8. The van der Waals surface area contributed by atoms with Crippen molar-refractivity contribution < 1.29 is 42.9 Å². The van der Waals surface area contributed by atoms with Crippen molar-refractivity contribution in [1.29, 1.82) is 0 Å². The number of carbonyl (C=O) groups is 5. The maximum absolute atomic E-state index is 14.3. The van der Waals surface area contributed by atoms with Gasteiger partial charge in [0, 0.05) is 44.9 Å². The molecule has 4 aliphatic carbocycles. The summed E-state index contributed by atoms with van der Waals surface area (Å²) in [6, 6.07) is 0. The van der Waals surface area contributed by atoms with Crippen LogP contribution < -0.4 is 0 Å². The van der Waals surface area contributed by atoms with Crippen LogP contribution in [-0.4, -0.2) is 54.1 Å². The first-order chi connectivity index (χ1) is 17.1. The van der Waals surface area contributed by atoms with Gasteiger partial charge in [-0.15, -0.1) is 0 Å². The lowest BCUT2D eigenvalue weighted by atomic mass is 9.38. The van der Waals surface area contributed by atoms with Crippen LogP contribution in [-0.2, 0) is 42.9 Å². The van der Waals surface area contributed by atoms with Gasteiger partial charge in [-0.2, -0.15) is 0 Å². The van der Waals surface area contributed by atoms with Crippen LogP contribution in [0.5, 0.6) is 0 Å². The zero-order chi connectivity index (χ0) is 27.7. The molecule has 1 spiro atoms. The molecule has 4 aliphatic rings. The fraction of sp³-hybridized carbons (Fsp3) is 0.750. The van der Waals surface area contributed by atoms with Gasteiger partial charge in [0.05, 0.1) is 0 Å². The number of hydrogen-bond donors (Lipinski definition) is 0. The third kappa shape index (κ3) is 3.91. The third-order valence-corrected chi connectivity index (χ3v) is 9.66. The molecule has 4 rings (SSSR count). The highest BCUT2D eigenvalue weighted by Crippen LogP contribution is 2.72. The molecule has 0 aromatic carbocycles. The largest absolute Gasteiger partial charge is 0.462 e. The van der Waals surface area contributed by atoms with Crippen molar-refractivity contribution >= 4 is 29.7 Å². The smallest absolute Gasteiger partial charge is 0.302 e. The molecule has 0 unspecified atom stereocenters. The van der Waals surface area contributed by atoms with E-state index in [1.54, 1.807) is 0 Å². The number of esters is 4. The van der Waals surface area contributed by atoms with Crippen molar-refractivity contribution in [2.24, 2.45) is 34.0 Å². The molecule has 4 fully saturated rings. The molecule has 4 saturated carbocycles. The van der Waals surface area contributed by atoms with Crippen molar-refractivity contribution in [3.05, 3.63) is 12.2 Å². The summed E-state index contributed by atoms with van der Waals surface area (Å²) in [6.45, 7) is 15.5.